The molecule has 1 aliphatic rings. The molecule has 19 heavy (non-hydrogen) atoms. The highest BCUT2D eigenvalue weighted by molar-refractivity contribution is 5.55. The van der Waals surface area contributed by atoms with E-state index in [1.54, 1.807) is 12.1 Å². The molecular formula is C14H19F3N2. The van der Waals surface area contributed by atoms with Crippen LogP contribution in [0.15, 0.2) is 24.3 Å². The number of halogens is 3. The molecule has 1 N–H and O–H groups in total. The highest BCUT2D eigenvalue weighted by Gasteiger charge is 2.34. The van der Waals surface area contributed by atoms with E-state index in [4.69, 9.17) is 0 Å². The maximum atomic E-state index is 13.0. The van der Waals surface area contributed by atoms with Crippen molar-refractivity contribution >= 4 is 5.69 Å². The first-order chi connectivity index (χ1) is 9.02. The topological polar surface area (TPSA) is 15.3 Å². The van der Waals surface area contributed by atoms with Crippen molar-refractivity contribution in [1.82, 2.24) is 5.32 Å². The molecule has 1 unspecified atom stereocenters. The zero-order valence-electron chi connectivity index (χ0n) is 11.0. The standard InChI is InChI=1S/C14H19F3N2/c1-2-19(10-11-6-5-9-18-11)13-8-4-3-7-12(13)14(15,16)17/h3-4,7-8,11,18H,2,5-6,9-10H2,1H3. The van der Waals surface area contributed by atoms with Crippen LogP contribution in [0.1, 0.15) is 25.3 Å². The van der Waals surface area contributed by atoms with Gasteiger partial charge in [-0.05, 0) is 38.4 Å². The Morgan fingerprint density at radius 3 is 2.63 bits per heavy atom. The Kier molecular flexibility index (Phi) is 4.34. The van der Waals surface area contributed by atoms with Crippen LogP contribution in [-0.2, 0) is 6.18 Å². The van der Waals surface area contributed by atoms with E-state index in [1.165, 1.54) is 6.07 Å². The molecule has 0 aromatic heterocycles. The number of hydrogen-bond acceptors (Lipinski definition) is 2. The number of anilines is 1. The molecule has 0 aliphatic carbocycles. The number of nitrogens with one attached hydrogen (secondary N) is 1. The number of benzene rings is 1. The van der Waals surface area contributed by atoms with E-state index in [1.807, 2.05) is 11.8 Å². The summed E-state index contributed by atoms with van der Waals surface area (Å²) in [7, 11) is 0. The summed E-state index contributed by atoms with van der Waals surface area (Å²) < 4.78 is 39.0. The number of nitrogens with zero attached hydrogens (tertiary/aromatic N) is 1. The van der Waals surface area contributed by atoms with Gasteiger partial charge in [0.2, 0.25) is 0 Å². The van der Waals surface area contributed by atoms with Gasteiger partial charge >= 0.3 is 6.18 Å². The first-order valence-electron chi connectivity index (χ1n) is 6.67. The summed E-state index contributed by atoms with van der Waals surface area (Å²) in [6.45, 7) is 4.06. The predicted molar refractivity (Wildman–Crippen MR) is 70.4 cm³/mol. The summed E-state index contributed by atoms with van der Waals surface area (Å²) in [6, 6.07) is 6.10. The molecule has 0 bridgehead atoms. The summed E-state index contributed by atoms with van der Waals surface area (Å²) in [6.07, 6.45) is -2.17. The minimum absolute atomic E-state index is 0.284. The molecule has 2 rings (SSSR count). The van der Waals surface area contributed by atoms with E-state index in [0.717, 1.165) is 25.5 Å². The van der Waals surface area contributed by atoms with E-state index >= 15 is 0 Å². The van der Waals surface area contributed by atoms with Crippen LogP contribution in [0.5, 0.6) is 0 Å². The monoisotopic (exact) mass is 272 g/mol. The van der Waals surface area contributed by atoms with E-state index in [9.17, 15) is 13.2 Å². The Bertz CT molecular complexity index is 411. The third-order valence-electron chi connectivity index (χ3n) is 3.54. The van der Waals surface area contributed by atoms with Crippen molar-refractivity contribution < 1.29 is 13.2 Å². The van der Waals surface area contributed by atoms with Crippen LogP contribution in [0.25, 0.3) is 0 Å². The lowest BCUT2D eigenvalue weighted by Gasteiger charge is -2.29. The molecule has 1 atom stereocenters. The fraction of sp³-hybridized carbons (Fsp3) is 0.571. The zero-order chi connectivity index (χ0) is 13.9. The van der Waals surface area contributed by atoms with Crippen molar-refractivity contribution in [3.8, 4) is 0 Å². The fourth-order valence-electron chi connectivity index (χ4n) is 2.57. The Morgan fingerprint density at radius 1 is 1.32 bits per heavy atom. The third-order valence-corrected chi connectivity index (χ3v) is 3.54. The Morgan fingerprint density at radius 2 is 2.05 bits per heavy atom. The number of alkyl halides is 3. The summed E-state index contributed by atoms with van der Waals surface area (Å²) in [5.74, 6) is 0. The van der Waals surface area contributed by atoms with Gasteiger partial charge in [-0.15, -0.1) is 0 Å². The van der Waals surface area contributed by atoms with Gasteiger partial charge in [0.15, 0.2) is 0 Å². The number of hydrogen-bond donors (Lipinski definition) is 1. The second kappa shape index (κ2) is 5.82. The molecular weight excluding hydrogens is 253 g/mol. The second-order valence-corrected chi connectivity index (χ2v) is 4.85. The Hall–Kier alpha value is -1.23. The number of likely N-dealkylation sites (N-methyl/N-ethyl adjacent to an activating group) is 1. The molecule has 5 heteroatoms. The van der Waals surface area contributed by atoms with Crippen LogP contribution in [0.3, 0.4) is 0 Å². The summed E-state index contributed by atoms with van der Waals surface area (Å²) >= 11 is 0. The van der Waals surface area contributed by atoms with Gasteiger partial charge < -0.3 is 10.2 Å². The van der Waals surface area contributed by atoms with Crippen LogP contribution < -0.4 is 10.2 Å². The first kappa shape index (κ1) is 14.2. The van der Waals surface area contributed by atoms with Gasteiger partial charge in [0, 0.05) is 24.8 Å². The normalized spacial score (nSPS) is 19.7. The van der Waals surface area contributed by atoms with Crippen molar-refractivity contribution in [2.75, 3.05) is 24.5 Å². The van der Waals surface area contributed by atoms with Crippen molar-refractivity contribution in [1.29, 1.82) is 0 Å². The molecule has 2 nitrogen and oxygen atoms in total. The first-order valence-corrected chi connectivity index (χ1v) is 6.67. The van der Waals surface area contributed by atoms with Gasteiger partial charge in [0.05, 0.1) is 5.56 Å². The maximum Gasteiger partial charge on any atom is 0.418 e. The van der Waals surface area contributed by atoms with Gasteiger partial charge in [0.1, 0.15) is 0 Å². The van der Waals surface area contributed by atoms with E-state index in [2.05, 4.69) is 5.32 Å². The minimum Gasteiger partial charge on any atom is -0.370 e. The molecule has 1 aliphatic heterocycles. The molecule has 0 radical (unpaired) electrons. The molecule has 106 valence electrons. The van der Waals surface area contributed by atoms with Gasteiger partial charge in [-0.1, -0.05) is 12.1 Å². The molecule has 0 spiro atoms. The van der Waals surface area contributed by atoms with Gasteiger partial charge in [-0.3, -0.25) is 0 Å². The van der Waals surface area contributed by atoms with Crippen LogP contribution in [0.4, 0.5) is 18.9 Å². The van der Waals surface area contributed by atoms with Crippen LogP contribution >= 0.6 is 0 Å². The highest BCUT2D eigenvalue weighted by atomic mass is 19.4. The van der Waals surface area contributed by atoms with Gasteiger partial charge in [0.25, 0.3) is 0 Å². The van der Waals surface area contributed by atoms with Crippen LogP contribution in [0, 0.1) is 0 Å². The maximum absolute atomic E-state index is 13.0. The molecule has 1 aromatic carbocycles. The third kappa shape index (κ3) is 3.41. The van der Waals surface area contributed by atoms with Gasteiger partial charge in [-0.25, -0.2) is 0 Å². The quantitative estimate of drug-likeness (QED) is 0.905. The van der Waals surface area contributed by atoms with Crippen molar-refractivity contribution in [3.63, 3.8) is 0 Å². The lowest BCUT2D eigenvalue weighted by atomic mass is 10.1. The average Bonchev–Trinajstić information content (AvgIpc) is 2.88. The molecule has 0 saturated carbocycles. The second-order valence-electron chi connectivity index (χ2n) is 4.85. The molecule has 1 saturated heterocycles. The Balaban J connectivity index is 2.22. The highest BCUT2D eigenvalue weighted by Crippen LogP contribution is 2.36. The Labute approximate surface area is 111 Å². The van der Waals surface area contributed by atoms with Crippen LogP contribution in [-0.4, -0.2) is 25.7 Å². The molecule has 1 fully saturated rings. The van der Waals surface area contributed by atoms with Crippen molar-refractivity contribution in [3.05, 3.63) is 29.8 Å². The molecule has 1 aromatic rings. The smallest absolute Gasteiger partial charge is 0.370 e. The lowest BCUT2D eigenvalue weighted by Crippen LogP contribution is -2.38. The van der Waals surface area contributed by atoms with E-state index in [-0.39, 0.29) is 5.69 Å². The average molecular weight is 272 g/mol. The van der Waals surface area contributed by atoms with E-state index in [0.29, 0.717) is 19.1 Å². The zero-order valence-corrected chi connectivity index (χ0v) is 11.0. The predicted octanol–water partition coefficient (Wildman–Crippen LogP) is 3.28. The van der Waals surface area contributed by atoms with Crippen molar-refractivity contribution in [2.24, 2.45) is 0 Å². The fourth-order valence-corrected chi connectivity index (χ4v) is 2.57. The van der Waals surface area contributed by atoms with Gasteiger partial charge in [-0.2, -0.15) is 13.2 Å². The summed E-state index contributed by atoms with van der Waals surface area (Å²) in [4.78, 5) is 1.81. The number of para-hydroxylation sites is 1. The van der Waals surface area contributed by atoms with Crippen LogP contribution in [0.2, 0.25) is 0 Å². The molecule has 0 amide bonds. The number of rotatable bonds is 4. The molecule has 1 heterocycles. The largest absolute Gasteiger partial charge is 0.418 e. The van der Waals surface area contributed by atoms with Crippen molar-refractivity contribution in [2.45, 2.75) is 32.0 Å². The van der Waals surface area contributed by atoms with E-state index < -0.39 is 11.7 Å². The summed E-state index contributed by atoms with van der Waals surface area (Å²) in [5, 5.41) is 3.33. The lowest BCUT2D eigenvalue weighted by molar-refractivity contribution is -0.137. The minimum atomic E-state index is -4.30. The SMILES string of the molecule is CCN(CC1CCCN1)c1ccccc1C(F)(F)F. The summed E-state index contributed by atoms with van der Waals surface area (Å²) in [5.41, 5.74) is -0.263.